The number of rotatable bonds is 6. The Balaban J connectivity index is 2.91. The van der Waals surface area contributed by atoms with Gasteiger partial charge in [0.05, 0.1) is 12.6 Å². The summed E-state index contributed by atoms with van der Waals surface area (Å²) in [5.41, 5.74) is 11.4. The Morgan fingerprint density at radius 1 is 1.53 bits per heavy atom. The molecule has 1 aromatic rings. The lowest BCUT2D eigenvalue weighted by molar-refractivity contribution is -0.119. The van der Waals surface area contributed by atoms with Gasteiger partial charge in [0.15, 0.2) is 0 Å². The minimum atomic E-state index is -0.325. The average Bonchev–Trinajstić information content (AvgIpc) is 2.63. The van der Waals surface area contributed by atoms with E-state index in [0.29, 0.717) is 0 Å². The molecule has 1 rings (SSSR count). The van der Waals surface area contributed by atoms with Crippen molar-refractivity contribution < 1.29 is 4.79 Å². The number of primary amides is 1. The minimum absolute atomic E-state index is 0.0115. The molecule has 0 saturated heterocycles. The smallest absolute Gasteiger partial charge is 0.231 e. The van der Waals surface area contributed by atoms with Crippen LogP contribution >= 0.6 is 11.3 Å². The Labute approximate surface area is 107 Å². The summed E-state index contributed by atoms with van der Waals surface area (Å²) in [5, 5.41) is 0. The van der Waals surface area contributed by atoms with Gasteiger partial charge in [0.1, 0.15) is 0 Å². The zero-order valence-corrected chi connectivity index (χ0v) is 11.5. The van der Waals surface area contributed by atoms with Gasteiger partial charge in [0.25, 0.3) is 0 Å². The van der Waals surface area contributed by atoms with Crippen LogP contribution in [0, 0.1) is 6.92 Å². The van der Waals surface area contributed by atoms with E-state index in [-0.39, 0.29) is 24.5 Å². The molecule has 0 radical (unpaired) electrons. The number of hydrogen-bond acceptors (Lipinski definition) is 4. The molecule has 0 fully saturated rings. The van der Waals surface area contributed by atoms with E-state index in [9.17, 15) is 4.79 Å². The molecule has 0 aliphatic heterocycles. The summed E-state index contributed by atoms with van der Waals surface area (Å²) in [4.78, 5) is 15.4. The van der Waals surface area contributed by atoms with Gasteiger partial charge in [-0.2, -0.15) is 0 Å². The van der Waals surface area contributed by atoms with E-state index < -0.39 is 0 Å². The Morgan fingerprint density at radius 2 is 2.18 bits per heavy atom. The van der Waals surface area contributed by atoms with Gasteiger partial charge in [-0.15, -0.1) is 11.3 Å². The molecule has 4 N–H and O–H groups in total. The van der Waals surface area contributed by atoms with Crippen molar-refractivity contribution in [1.29, 1.82) is 0 Å². The lowest BCUT2D eigenvalue weighted by Crippen LogP contribution is -2.42. The maximum Gasteiger partial charge on any atom is 0.231 e. The van der Waals surface area contributed by atoms with E-state index in [1.165, 1.54) is 9.75 Å². The van der Waals surface area contributed by atoms with Crippen molar-refractivity contribution in [2.24, 2.45) is 11.5 Å². The normalized spacial score (nSPS) is 14.9. The summed E-state index contributed by atoms with van der Waals surface area (Å²) < 4.78 is 0. The molecule has 0 aliphatic carbocycles. The number of likely N-dealkylation sites (N-methyl/N-ethyl adjacent to an activating group) is 1. The lowest BCUT2D eigenvalue weighted by atomic mass is 10.0. The Kier molecular flexibility index (Phi) is 5.11. The van der Waals surface area contributed by atoms with Gasteiger partial charge in [-0.3, -0.25) is 9.69 Å². The number of hydrogen-bond donors (Lipinski definition) is 2. The van der Waals surface area contributed by atoms with E-state index in [1.54, 1.807) is 11.3 Å². The van der Waals surface area contributed by atoms with Crippen molar-refractivity contribution >= 4 is 17.2 Å². The highest BCUT2D eigenvalue weighted by Crippen LogP contribution is 2.29. The minimum Gasteiger partial charge on any atom is -0.369 e. The van der Waals surface area contributed by atoms with Crippen LogP contribution in [0.2, 0.25) is 0 Å². The number of carbonyl (C=O) groups is 1. The Morgan fingerprint density at radius 3 is 2.59 bits per heavy atom. The molecule has 17 heavy (non-hydrogen) atoms. The summed E-state index contributed by atoms with van der Waals surface area (Å²) in [6.07, 6.45) is 0.866. The second-order valence-electron chi connectivity index (χ2n) is 4.35. The van der Waals surface area contributed by atoms with Crippen LogP contribution in [0.3, 0.4) is 0 Å². The standard InChI is InChI=1S/C12H21N3OS/c1-4-9(13)12(15(3)7-11(14)16)10-6-5-8(2)17-10/h5-6,9,12H,4,7,13H2,1-3H3,(H2,14,16). The second kappa shape index (κ2) is 6.14. The monoisotopic (exact) mass is 255 g/mol. The van der Waals surface area contributed by atoms with E-state index in [1.807, 2.05) is 11.9 Å². The van der Waals surface area contributed by atoms with Gasteiger partial charge in [0.2, 0.25) is 5.91 Å². The van der Waals surface area contributed by atoms with Gasteiger partial charge in [0, 0.05) is 15.8 Å². The lowest BCUT2D eigenvalue weighted by Gasteiger charge is -2.30. The third kappa shape index (κ3) is 3.80. The largest absolute Gasteiger partial charge is 0.369 e. The highest BCUT2D eigenvalue weighted by atomic mass is 32.1. The van der Waals surface area contributed by atoms with Gasteiger partial charge in [-0.1, -0.05) is 6.92 Å². The zero-order valence-electron chi connectivity index (χ0n) is 10.6. The molecular formula is C12H21N3OS. The molecule has 5 heteroatoms. The van der Waals surface area contributed by atoms with Crippen LogP contribution in [-0.4, -0.2) is 30.4 Å². The predicted octanol–water partition coefficient (Wildman–Crippen LogP) is 1.25. The summed E-state index contributed by atoms with van der Waals surface area (Å²) in [6, 6.07) is 4.23. The van der Waals surface area contributed by atoms with Crippen molar-refractivity contribution in [3.63, 3.8) is 0 Å². The number of thiophene rings is 1. The highest BCUT2D eigenvalue weighted by molar-refractivity contribution is 7.12. The first-order chi connectivity index (χ1) is 7.95. The molecule has 0 bridgehead atoms. The fraction of sp³-hybridized carbons (Fsp3) is 0.583. The van der Waals surface area contributed by atoms with Gasteiger partial charge >= 0.3 is 0 Å². The third-order valence-corrected chi connectivity index (χ3v) is 3.88. The number of aryl methyl sites for hydroxylation is 1. The van der Waals surface area contributed by atoms with Crippen LogP contribution < -0.4 is 11.5 Å². The van der Waals surface area contributed by atoms with Crippen LogP contribution in [0.25, 0.3) is 0 Å². The number of amides is 1. The highest BCUT2D eigenvalue weighted by Gasteiger charge is 2.25. The molecule has 0 aliphatic rings. The summed E-state index contributed by atoms with van der Waals surface area (Å²) in [6.45, 7) is 4.35. The molecule has 4 nitrogen and oxygen atoms in total. The van der Waals surface area contributed by atoms with Crippen molar-refractivity contribution in [3.05, 3.63) is 21.9 Å². The third-order valence-electron chi connectivity index (χ3n) is 2.81. The Bertz CT molecular complexity index is 378. The van der Waals surface area contributed by atoms with Gasteiger partial charge in [-0.05, 0) is 32.5 Å². The molecule has 2 atom stereocenters. The molecule has 1 heterocycles. The fourth-order valence-corrected chi connectivity index (χ4v) is 3.05. The van der Waals surface area contributed by atoms with Crippen LogP contribution in [0.5, 0.6) is 0 Å². The number of carbonyl (C=O) groups excluding carboxylic acids is 1. The first-order valence-corrected chi connectivity index (χ1v) is 6.57. The SMILES string of the molecule is CCC(N)C(c1ccc(C)s1)N(C)CC(N)=O. The van der Waals surface area contributed by atoms with E-state index in [2.05, 4.69) is 26.0 Å². The van der Waals surface area contributed by atoms with Gasteiger partial charge < -0.3 is 11.5 Å². The Hall–Kier alpha value is -0.910. The first-order valence-electron chi connectivity index (χ1n) is 5.76. The summed E-state index contributed by atoms with van der Waals surface area (Å²) >= 11 is 1.72. The summed E-state index contributed by atoms with van der Waals surface area (Å²) in [5.74, 6) is -0.325. The first kappa shape index (κ1) is 14.2. The van der Waals surface area contributed by atoms with Crippen molar-refractivity contribution in [3.8, 4) is 0 Å². The predicted molar refractivity (Wildman–Crippen MR) is 71.9 cm³/mol. The number of nitrogens with zero attached hydrogens (tertiary/aromatic N) is 1. The van der Waals surface area contributed by atoms with Crippen molar-refractivity contribution in [2.75, 3.05) is 13.6 Å². The second-order valence-corrected chi connectivity index (χ2v) is 5.67. The van der Waals surface area contributed by atoms with E-state index in [4.69, 9.17) is 11.5 Å². The van der Waals surface area contributed by atoms with E-state index >= 15 is 0 Å². The molecule has 96 valence electrons. The molecular weight excluding hydrogens is 234 g/mol. The fourth-order valence-electron chi connectivity index (χ4n) is 1.93. The van der Waals surface area contributed by atoms with E-state index in [0.717, 1.165) is 6.42 Å². The molecule has 0 saturated carbocycles. The van der Waals surface area contributed by atoms with Gasteiger partial charge in [-0.25, -0.2) is 0 Å². The molecule has 1 aromatic heterocycles. The van der Waals surface area contributed by atoms with Crippen molar-refractivity contribution in [2.45, 2.75) is 32.4 Å². The molecule has 0 spiro atoms. The topological polar surface area (TPSA) is 72.3 Å². The number of nitrogens with two attached hydrogens (primary N) is 2. The average molecular weight is 255 g/mol. The maximum atomic E-state index is 11.0. The molecule has 1 amide bonds. The summed E-state index contributed by atoms with van der Waals surface area (Å²) in [7, 11) is 1.89. The van der Waals surface area contributed by atoms with Crippen LogP contribution in [0.1, 0.15) is 29.1 Å². The maximum absolute atomic E-state index is 11.0. The molecule has 0 aromatic carbocycles. The molecule has 2 unspecified atom stereocenters. The van der Waals surface area contributed by atoms with Crippen LogP contribution in [0.15, 0.2) is 12.1 Å². The van der Waals surface area contributed by atoms with Crippen molar-refractivity contribution in [1.82, 2.24) is 4.90 Å². The van der Waals surface area contributed by atoms with Crippen LogP contribution in [0.4, 0.5) is 0 Å². The van der Waals surface area contributed by atoms with Crippen LogP contribution in [-0.2, 0) is 4.79 Å². The zero-order chi connectivity index (χ0) is 13.0. The quantitative estimate of drug-likeness (QED) is 0.803.